The highest BCUT2D eigenvalue weighted by atomic mass is 32.1. The highest BCUT2D eigenvalue weighted by Gasteiger charge is 2.03. The lowest BCUT2D eigenvalue weighted by Gasteiger charge is -2.10. The third-order valence-corrected chi connectivity index (χ3v) is 2.70. The zero-order valence-corrected chi connectivity index (χ0v) is 11.3. The summed E-state index contributed by atoms with van der Waals surface area (Å²) in [5.74, 6) is 2.10. The van der Waals surface area contributed by atoms with Crippen LogP contribution in [0, 0.1) is 4.64 Å². The first kappa shape index (κ1) is 12.7. The monoisotopic (exact) mass is 260 g/mol. The van der Waals surface area contributed by atoms with Gasteiger partial charge in [-0.05, 0) is 12.1 Å². The molecule has 94 valence electrons. The lowest BCUT2D eigenvalue weighted by Crippen LogP contribution is -2.06. The highest BCUT2D eigenvalue weighted by molar-refractivity contribution is 7.71. The molecule has 2 heterocycles. The predicted octanol–water partition coefficient (Wildman–Crippen LogP) is 3.27. The first-order chi connectivity index (χ1) is 8.65. The third kappa shape index (κ3) is 3.37. The Kier molecular flexibility index (Phi) is 4.04. The van der Waals surface area contributed by atoms with E-state index in [4.69, 9.17) is 12.2 Å². The first-order valence-electron chi connectivity index (χ1n) is 5.90. The molecule has 0 amide bonds. The summed E-state index contributed by atoms with van der Waals surface area (Å²) >= 11 is 5.15. The molecule has 5 heteroatoms. The number of rotatable bonds is 4. The van der Waals surface area contributed by atoms with E-state index in [2.05, 4.69) is 34.1 Å². The van der Waals surface area contributed by atoms with E-state index in [0.717, 1.165) is 17.3 Å². The van der Waals surface area contributed by atoms with Gasteiger partial charge >= 0.3 is 0 Å². The maximum absolute atomic E-state index is 5.15. The van der Waals surface area contributed by atoms with Crippen LogP contribution >= 0.6 is 12.2 Å². The molecule has 0 saturated carbocycles. The van der Waals surface area contributed by atoms with Crippen molar-refractivity contribution in [3.8, 4) is 0 Å². The lowest BCUT2D eigenvalue weighted by atomic mass is 10.2. The molecule has 0 aromatic carbocycles. The fraction of sp³-hybridized carbons (Fsp3) is 0.308. The Morgan fingerprint density at radius 1 is 1.39 bits per heavy atom. The maximum Gasteiger partial charge on any atom is 0.131 e. The summed E-state index contributed by atoms with van der Waals surface area (Å²) in [5.41, 5.74) is 0.986. The van der Waals surface area contributed by atoms with Gasteiger partial charge in [0.2, 0.25) is 0 Å². The molecule has 4 nitrogen and oxygen atoms in total. The van der Waals surface area contributed by atoms with Gasteiger partial charge in [0, 0.05) is 18.2 Å². The molecule has 0 unspecified atom stereocenters. The minimum absolute atomic E-state index is 0.323. The molecule has 0 bridgehead atoms. The molecule has 2 N–H and O–H groups in total. The fourth-order valence-corrected chi connectivity index (χ4v) is 1.75. The van der Waals surface area contributed by atoms with Gasteiger partial charge in [-0.2, -0.15) is 0 Å². The Bertz CT molecular complexity index is 563. The maximum atomic E-state index is 5.15. The SMILES string of the molecule is CC(C)c1nc(=S)cc(NCc2ccccn2)[nH]1. The number of aromatic amines is 1. The summed E-state index contributed by atoms with van der Waals surface area (Å²) in [6.45, 7) is 4.82. The van der Waals surface area contributed by atoms with Crippen molar-refractivity contribution >= 4 is 18.0 Å². The summed E-state index contributed by atoms with van der Waals surface area (Å²) in [5, 5.41) is 3.27. The number of aromatic nitrogens is 3. The highest BCUT2D eigenvalue weighted by Crippen LogP contribution is 2.12. The lowest BCUT2D eigenvalue weighted by molar-refractivity contribution is 0.771. The molecule has 18 heavy (non-hydrogen) atoms. The number of pyridine rings is 1. The Morgan fingerprint density at radius 2 is 2.22 bits per heavy atom. The van der Waals surface area contributed by atoms with Crippen molar-refractivity contribution in [3.63, 3.8) is 0 Å². The summed E-state index contributed by atoms with van der Waals surface area (Å²) < 4.78 is 0.598. The zero-order chi connectivity index (χ0) is 13.0. The van der Waals surface area contributed by atoms with E-state index in [0.29, 0.717) is 17.1 Å². The van der Waals surface area contributed by atoms with Crippen LogP contribution < -0.4 is 5.32 Å². The molecule has 0 spiro atoms. The second-order valence-corrected chi connectivity index (χ2v) is 4.77. The molecule has 0 saturated heterocycles. The van der Waals surface area contributed by atoms with Gasteiger partial charge in [0.1, 0.15) is 16.3 Å². The van der Waals surface area contributed by atoms with Crippen molar-refractivity contribution in [1.29, 1.82) is 0 Å². The first-order valence-corrected chi connectivity index (χ1v) is 6.31. The molecule has 0 aliphatic rings. The average Bonchev–Trinajstić information content (AvgIpc) is 2.37. The second-order valence-electron chi connectivity index (χ2n) is 4.35. The van der Waals surface area contributed by atoms with E-state index in [1.165, 1.54) is 0 Å². The number of H-pyrrole nitrogens is 1. The summed E-state index contributed by atoms with van der Waals surface area (Å²) in [4.78, 5) is 11.8. The molecule has 2 rings (SSSR count). The normalized spacial score (nSPS) is 10.6. The summed E-state index contributed by atoms with van der Waals surface area (Å²) in [7, 11) is 0. The van der Waals surface area contributed by atoms with Crippen LogP contribution in [0.25, 0.3) is 0 Å². The van der Waals surface area contributed by atoms with Crippen LogP contribution in [0.5, 0.6) is 0 Å². The Morgan fingerprint density at radius 3 is 2.89 bits per heavy atom. The standard InChI is InChI=1S/C13H16N4S/c1-9(2)13-16-11(7-12(18)17-13)15-8-10-5-3-4-6-14-10/h3-7,9H,8H2,1-2H3,(H2,15,16,17,18). The number of hydrogen-bond acceptors (Lipinski definition) is 4. The predicted molar refractivity (Wildman–Crippen MR) is 75.1 cm³/mol. The third-order valence-electron chi connectivity index (χ3n) is 2.49. The molecule has 2 aromatic rings. The van der Waals surface area contributed by atoms with Crippen molar-refractivity contribution in [1.82, 2.24) is 15.0 Å². The van der Waals surface area contributed by atoms with Gasteiger partial charge in [-0.1, -0.05) is 32.1 Å². The van der Waals surface area contributed by atoms with Crippen LogP contribution in [-0.4, -0.2) is 15.0 Å². The van der Waals surface area contributed by atoms with Gasteiger partial charge in [-0.15, -0.1) is 0 Å². The average molecular weight is 260 g/mol. The van der Waals surface area contributed by atoms with Crippen LogP contribution in [0.1, 0.15) is 31.3 Å². The van der Waals surface area contributed by atoms with E-state index in [1.54, 1.807) is 6.20 Å². The molecule has 0 atom stereocenters. The van der Waals surface area contributed by atoms with E-state index in [9.17, 15) is 0 Å². The summed E-state index contributed by atoms with van der Waals surface area (Å²) in [6, 6.07) is 7.68. The molecule has 0 aliphatic heterocycles. The second kappa shape index (κ2) is 5.73. The van der Waals surface area contributed by atoms with Gasteiger partial charge in [0.25, 0.3) is 0 Å². The number of nitrogens with one attached hydrogen (secondary N) is 2. The van der Waals surface area contributed by atoms with Crippen LogP contribution in [0.2, 0.25) is 0 Å². The number of anilines is 1. The Labute approximate surface area is 112 Å². The topological polar surface area (TPSA) is 53.6 Å². The fourth-order valence-electron chi connectivity index (χ4n) is 1.53. The Balaban J connectivity index is 2.12. The Hall–Kier alpha value is -1.75. The number of nitrogens with zero attached hydrogens (tertiary/aromatic N) is 2. The quantitative estimate of drug-likeness (QED) is 0.828. The minimum atomic E-state index is 0.323. The molecule has 0 radical (unpaired) electrons. The molecular weight excluding hydrogens is 244 g/mol. The van der Waals surface area contributed by atoms with E-state index < -0.39 is 0 Å². The van der Waals surface area contributed by atoms with Gasteiger partial charge in [-0.3, -0.25) is 4.98 Å². The van der Waals surface area contributed by atoms with Crippen molar-refractivity contribution in [2.75, 3.05) is 5.32 Å². The van der Waals surface area contributed by atoms with E-state index in [-0.39, 0.29) is 0 Å². The van der Waals surface area contributed by atoms with Gasteiger partial charge in [0.05, 0.1) is 12.2 Å². The van der Waals surface area contributed by atoms with Crippen molar-refractivity contribution in [2.45, 2.75) is 26.3 Å². The van der Waals surface area contributed by atoms with Crippen LogP contribution in [-0.2, 0) is 6.54 Å². The van der Waals surface area contributed by atoms with Gasteiger partial charge in [0.15, 0.2) is 0 Å². The number of hydrogen-bond donors (Lipinski definition) is 2. The smallest absolute Gasteiger partial charge is 0.131 e. The van der Waals surface area contributed by atoms with E-state index in [1.807, 2.05) is 24.3 Å². The molecule has 0 fully saturated rings. The van der Waals surface area contributed by atoms with E-state index >= 15 is 0 Å². The zero-order valence-electron chi connectivity index (χ0n) is 10.5. The van der Waals surface area contributed by atoms with Gasteiger partial charge < -0.3 is 10.3 Å². The largest absolute Gasteiger partial charge is 0.366 e. The molecular formula is C13H16N4S. The van der Waals surface area contributed by atoms with Crippen molar-refractivity contribution < 1.29 is 0 Å². The molecule has 0 aliphatic carbocycles. The van der Waals surface area contributed by atoms with Crippen LogP contribution in [0.4, 0.5) is 5.82 Å². The van der Waals surface area contributed by atoms with Crippen LogP contribution in [0.3, 0.4) is 0 Å². The van der Waals surface area contributed by atoms with Crippen molar-refractivity contribution in [2.24, 2.45) is 0 Å². The van der Waals surface area contributed by atoms with Crippen molar-refractivity contribution in [3.05, 3.63) is 46.6 Å². The summed E-state index contributed by atoms with van der Waals surface area (Å²) in [6.07, 6.45) is 1.78. The molecule has 2 aromatic heterocycles. The van der Waals surface area contributed by atoms with Gasteiger partial charge in [-0.25, -0.2) is 4.98 Å². The van der Waals surface area contributed by atoms with Crippen LogP contribution in [0.15, 0.2) is 30.5 Å². The minimum Gasteiger partial charge on any atom is -0.366 e.